The first-order valence-electron chi connectivity index (χ1n) is 12.6. The summed E-state index contributed by atoms with van der Waals surface area (Å²) in [6.07, 6.45) is 6.15. The highest BCUT2D eigenvalue weighted by Gasteiger charge is 2.79. The van der Waals surface area contributed by atoms with E-state index in [0.717, 1.165) is 38.5 Å². The van der Waals surface area contributed by atoms with Gasteiger partial charge in [0.1, 0.15) is 0 Å². The average Bonchev–Trinajstić information content (AvgIpc) is 3.58. The summed E-state index contributed by atoms with van der Waals surface area (Å²) >= 11 is 0. The summed E-state index contributed by atoms with van der Waals surface area (Å²) in [6.45, 7) is 7.59. The van der Waals surface area contributed by atoms with Crippen molar-refractivity contribution >= 4 is 0 Å². The van der Waals surface area contributed by atoms with E-state index < -0.39 is 28.9 Å². The highest BCUT2D eigenvalue weighted by molar-refractivity contribution is 5.31. The summed E-state index contributed by atoms with van der Waals surface area (Å²) < 4.78 is 54.4. The minimum absolute atomic E-state index is 0.0409. The molecule has 3 spiro atoms. The van der Waals surface area contributed by atoms with Gasteiger partial charge < -0.3 is 28.4 Å². The van der Waals surface area contributed by atoms with Crippen molar-refractivity contribution in [3.05, 3.63) is 11.6 Å². The van der Waals surface area contributed by atoms with Gasteiger partial charge in [-0.2, -0.15) is 0 Å². The lowest BCUT2D eigenvalue weighted by Crippen LogP contribution is -2.72. The monoisotopic (exact) mass is 450 g/mol. The van der Waals surface area contributed by atoms with Gasteiger partial charge in [0.15, 0.2) is 17.7 Å². The second-order valence-electron chi connectivity index (χ2n) is 11.5. The molecular formula is C25H35FO6. The second kappa shape index (κ2) is 6.55. The number of ether oxygens (including phenoxy) is 6. The predicted molar refractivity (Wildman–Crippen MR) is 111 cm³/mol. The van der Waals surface area contributed by atoms with E-state index in [1.807, 2.05) is 6.92 Å². The number of halogens is 1. The average molecular weight is 451 g/mol. The van der Waals surface area contributed by atoms with Crippen LogP contribution in [0.4, 0.5) is 4.39 Å². The van der Waals surface area contributed by atoms with Crippen molar-refractivity contribution in [1.29, 1.82) is 0 Å². The smallest absolute Gasteiger partial charge is 0.204 e. The fourth-order valence-corrected chi connectivity index (χ4v) is 9.11. The maximum absolute atomic E-state index is 17.1. The van der Waals surface area contributed by atoms with Crippen LogP contribution >= 0.6 is 0 Å². The molecule has 7 rings (SSSR count). The van der Waals surface area contributed by atoms with Crippen molar-refractivity contribution < 1.29 is 32.8 Å². The summed E-state index contributed by atoms with van der Waals surface area (Å²) in [5.74, 6) is -2.21. The number of hydrogen-bond donors (Lipinski definition) is 0. The maximum atomic E-state index is 17.1. The van der Waals surface area contributed by atoms with E-state index in [0.29, 0.717) is 39.6 Å². The molecule has 3 heterocycles. The van der Waals surface area contributed by atoms with Crippen molar-refractivity contribution in [2.75, 3.05) is 39.6 Å². The summed E-state index contributed by atoms with van der Waals surface area (Å²) in [7, 11) is 0. The zero-order chi connectivity index (χ0) is 21.8. The molecule has 3 aliphatic heterocycles. The molecule has 178 valence electrons. The molecule has 0 aromatic heterocycles. The summed E-state index contributed by atoms with van der Waals surface area (Å²) in [4.78, 5) is 0. The van der Waals surface area contributed by atoms with Crippen LogP contribution in [0.1, 0.15) is 52.4 Å². The third-order valence-electron chi connectivity index (χ3n) is 10.5. The quantitative estimate of drug-likeness (QED) is 0.524. The number of allylic oxidation sites excluding steroid dienone is 1. The molecule has 6 fully saturated rings. The molecule has 0 N–H and O–H groups in total. The van der Waals surface area contributed by atoms with Gasteiger partial charge in [-0.1, -0.05) is 25.5 Å². The zero-order valence-corrected chi connectivity index (χ0v) is 19.2. The molecule has 4 unspecified atom stereocenters. The van der Waals surface area contributed by atoms with Crippen LogP contribution in [0.15, 0.2) is 11.6 Å². The van der Waals surface area contributed by atoms with Gasteiger partial charge in [0.25, 0.3) is 0 Å². The first-order valence-corrected chi connectivity index (χ1v) is 12.6. The lowest BCUT2D eigenvalue weighted by atomic mass is 9.45. The van der Waals surface area contributed by atoms with Crippen LogP contribution in [0.2, 0.25) is 0 Å². The Labute approximate surface area is 189 Å². The van der Waals surface area contributed by atoms with Crippen LogP contribution in [-0.4, -0.2) is 63.2 Å². The maximum Gasteiger partial charge on any atom is 0.204 e. The Bertz CT molecular complexity index is 826. The predicted octanol–water partition coefficient (Wildman–Crippen LogP) is 3.74. The van der Waals surface area contributed by atoms with Crippen LogP contribution < -0.4 is 0 Å². The first-order chi connectivity index (χ1) is 15.4. The second-order valence-corrected chi connectivity index (χ2v) is 11.5. The zero-order valence-electron chi connectivity index (χ0n) is 19.2. The third kappa shape index (κ3) is 2.27. The molecule has 3 saturated carbocycles. The molecule has 0 bridgehead atoms. The van der Waals surface area contributed by atoms with Crippen LogP contribution in [0.3, 0.4) is 0 Å². The van der Waals surface area contributed by atoms with Crippen LogP contribution in [0.25, 0.3) is 0 Å². The summed E-state index contributed by atoms with van der Waals surface area (Å²) in [6, 6.07) is 0. The molecule has 0 amide bonds. The van der Waals surface area contributed by atoms with E-state index in [2.05, 4.69) is 13.0 Å². The van der Waals surface area contributed by atoms with E-state index in [-0.39, 0.29) is 23.2 Å². The van der Waals surface area contributed by atoms with Gasteiger partial charge in [-0.15, -0.1) is 0 Å². The molecule has 3 saturated heterocycles. The van der Waals surface area contributed by atoms with Gasteiger partial charge in [-0.3, -0.25) is 0 Å². The van der Waals surface area contributed by atoms with Crippen LogP contribution in [-0.2, 0) is 28.4 Å². The molecule has 0 aromatic rings. The Balaban J connectivity index is 1.35. The standard InChI is InChI=1S/C25H35FO6/c1-21-7-8-23(27-9-10-28-23)15-16(21)3-4-17-18-5-6-24(29-11-12-30-24)22(18,2)20(26)25(19(17)21)31-13-14-32-25/h3,17-20H,4-15H2,1-2H3/t17?,18?,19?,20?,21-,22+/m0/s1. The SMILES string of the molecule is C[C@]12C(CCC13OCCO3)C1CC=C3CC4(CC[C@]3(C)C1C1(OCCO1)C2F)OCCO4. The molecule has 32 heavy (non-hydrogen) atoms. The Morgan fingerprint density at radius 1 is 0.844 bits per heavy atom. The lowest BCUT2D eigenvalue weighted by molar-refractivity contribution is -0.360. The Morgan fingerprint density at radius 2 is 1.50 bits per heavy atom. The van der Waals surface area contributed by atoms with Gasteiger partial charge >= 0.3 is 0 Å². The number of fused-ring (bicyclic) bond motifs is 7. The summed E-state index contributed by atoms with van der Waals surface area (Å²) in [5, 5.41) is 0. The van der Waals surface area contributed by atoms with E-state index in [9.17, 15) is 0 Å². The Kier molecular flexibility index (Phi) is 4.25. The largest absolute Gasteiger partial charge is 0.347 e. The molecular weight excluding hydrogens is 415 g/mol. The fraction of sp³-hybridized carbons (Fsp3) is 0.920. The van der Waals surface area contributed by atoms with Crippen molar-refractivity contribution in [3.63, 3.8) is 0 Å². The molecule has 7 aliphatic rings. The highest BCUT2D eigenvalue weighted by atomic mass is 19.1. The number of rotatable bonds is 0. The van der Waals surface area contributed by atoms with Crippen LogP contribution in [0, 0.1) is 28.6 Å². The number of hydrogen-bond acceptors (Lipinski definition) is 6. The fourth-order valence-electron chi connectivity index (χ4n) is 9.11. The topological polar surface area (TPSA) is 55.4 Å². The number of alkyl halides is 1. The first kappa shape index (κ1) is 20.8. The molecule has 6 nitrogen and oxygen atoms in total. The molecule has 0 aromatic carbocycles. The van der Waals surface area contributed by atoms with Gasteiger partial charge in [0.05, 0.1) is 45.1 Å². The Hall–Kier alpha value is -0.570. The van der Waals surface area contributed by atoms with Gasteiger partial charge in [0, 0.05) is 25.2 Å². The van der Waals surface area contributed by atoms with Crippen molar-refractivity contribution in [1.82, 2.24) is 0 Å². The van der Waals surface area contributed by atoms with Crippen molar-refractivity contribution in [2.45, 2.75) is 75.9 Å². The van der Waals surface area contributed by atoms with Gasteiger partial charge in [0.2, 0.25) is 5.79 Å². The highest BCUT2D eigenvalue weighted by Crippen LogP contribution is 2.73. The minimum Gasteiger partial charge on any atom is -0.347 e. The van der Waals surface area contributed by atoms with Crippen LogP contribution in [0.5, 0.6) is 0 Å². The minimum atomic E-state index is -1.31. The lowest BCUT2D eigenvalue weighted by Gasteiger charge is -2.65. The molecule has 6 atom stereocenters. The molecule has 7 heteroatoms. The van der Waals surface area contributed by atoms with E-state index in [1.54, 1.807) is 0 Å². The van der Waals surface area contributed by atoms with E-state index in [4.69, 9.17) is 28.4 Å². The normalized spacial score (nSPS) is 49.9. The van der Waals surface area contributed by atoms with Gasteiger partial charge in [-0.05, 0) is 36.5 Å². The third-order valence-corrected chi connectivity index (χ3v) is 10.5. The van der Waals surface area contributed by atoms with Crippen molar-refractivity contribution in [3.8, 4) is 0 Å². The van der Waals surface area contributed by atoms with E-state index in [1.165, 1.54) is 5.57 Å². The van der Waals surface area contributed by atoms with Crippen molar-refractivity contribution in [2.24, 2.45) is 28.6 Å². The molecule has 0 radical (unpaired) electrons. The Morgan fingerprint density at radius 3 is 2.22 bits per heavy atom. The molecule has 4 aliphatic carbocycles. The van der Waals surface area contributed by atoms with E-state index >= 15 is 4.39 Å². The summed E-state index contributed by atoms with van der Waals surface area (Å²) in [5.41, 5.74) is 0.346. The van der Waals surface area contributed by atoms with Gasteiger partial charge in [-0.25, -0.2) is 4.39 Å².